The minimum atomic E-state index is -0.175. The second-order valence-electron chi connectivity index (χ2n) is 8.90. The molecule has 160 valence electrons. The highest BCUT2D eigenvalue weighted by atomic mass is 35.5. The Bertz CT molecular complexity index is 1010. The highest BCUT2D eigenvalue weighted by Crippen LogP contribution is 2.34. The number of benzene rings is 1. The molecule has 4 rings (SSSR count). The number of fused-ring (bicyclic) bond motifs is 1. The fourth-order valence-electron chi connectivity index (χ4n) is 3.91. The summed E-state index contributed by atoms with van der Waals surface area (Å²) in [4.78, 5) is 34.5. The third kappa shape index (κ3) is 4.37. The molecule has 6 nitrogen and oxygen atoms in total. The van der Waals surface area contributed by atoms with Crippen molar-refractivity contribution in [2.75, 3.05) is 36.8 Å². The second kappa shape index (κ2) is 8.27. The number of thioether (sulfide) groups is 1. The summed E-state index contributed by atoms with van der Waals surface area (Å²) in [5, 5.41) is 1.45. The molecule has 0 saturated carbocycles. The van der Waals surface area contributed by atoms with Gasteiger partial charge in [0.15, 0.2) is 5.16 Å². The standard InChI is InChI=1S/C22H27ClN4O2S/c1-22(2,3)18-13-20(29)27-17(14-30-21(27)24-18)12-19(28)26-9-7-25(8-10-26)16-6-4-5-15(23)11-16/h4-6,11,13,17H,7-10,12,14H2,1-3H3. The van der Waals surface area contributed by atoms with Crippen LogP contribution in [0, 0.1) is 0 Å². The molecule has 0 N–H and O–H groups in total. The molecular formula is C22H27ClN4O2S. The van der Waals surface area contributed by atoms with E-state index in [1.54, 1.807) is 22.4 Å². The lowest BCUT2D eigenvalue weighted by Crippen LogP contribution is -2.49. The number of hydrogen-bond donors (Lipinski definition) is 0. The van der Waals surface area contributed by atoms with Gasteiger partial charge in [0.05, 0.1) is 11.7 Å². The van der Waals surface area contributed by atoms with Crippen LogP contribution in [0.4, 0.5) is 5.69 Å². The fraction of sp³-hybridized carbons (Fsp3) is 0.500. The van der Waals surface area contributed by atoms with E-state index in [1.807, 2.05) is 29.2 Å². The van der Waals surface area contributed by atoms with Crippen LogP contribution in [0.15, 0.2) is 40.3 Å². The van der Waals surface area contributed by atoms with Crippen molar-refractivity contribution in [3.8, 4) is 0 Å². The average molecular weight is 447 g/mol. The number of carbonyl (C=O) groups excluding carboxylic acids is 1. The maximum absolute atomic E-state index is 12.9. The predicted molar refractivity (Wildman–Crippen MR) is 122 cm³/mol. The van der Waals surface area contributed by atoms with Crippen molar-refractivity contribution >= 4 is 35.0 Å². The topological polar surface area (TPSA) is 58.4 Å². The molecule has 2 aliphatic rings. The normalized spacial score (nSPS) is 19.1. The van der Waals surface area contributed by atoms with Crippen LogP contribution in [0.5, 0.6) is 0 Å². The molecule has 1 aromatic carbocycles. The number of aromatic nitrogens is 2. The summed E-state index contributed by atoms with van der Waals surface area (Å²) < 4.78 is 1.71. The molecule has 1 amide bonds. The first-order chi connectivity index (χ1) is 14.2. The molecule has 1 unspecified atom stereocenters. The van der Waals surface area contributed by atoms with E-state index in [0.29, 0.717) is 25.3 Å². The van der Waals surface area contributed by atoms with E-state index in [-0.39, 0.29) is 22.9 Å². The fourth-order valence-corrected chi connectivity index (χ4v) is 5.24. The van der Waals surface area contributed by atoms with Gasteiger partial charge in [-0.15, -0.1) is 0 Å². The lowest BCUT2D eigenvalue weighted by Gasteiger charge is -2.36. The van der Waals surface area contributed by atoms with Crippen molar-refractivity contribution in [1.29, 1.82) is 0 Å². The Kier molecular flexibility index (Phi) is 5.86. The van der Waals surface area contributed by atoms with Gasteiger partial charge in [-0.2, -0.15) is 0 Å². The van der Waals surface area contributed by atoms with Gasteiger partial charge in [-0.25, -0.2) is 4.98 Å². The molecule has 2 aliphatic heterocycles. The van der Waals surface area contributed by atoms with Gasteiger partial charge in [0, 0.05) is 60.5 Å². The van der Waals surface area contributed by atoms with E-state index >= 15 is 0 Å². The molecule has 0 spiro atoms. The zero-order chi connectivity index (χ0) is 21.5. The zero-order valence-corrected chi connectivity index (χ0v) is 19.2. The van der Waals surface area contributed by atoms with Gasteiger partial charge in [-0.3, -0.25) is 14.2 Å². The highest BCUT2D eigenvalue weighted by molar-refractivity contribution is 7.99. The Hall–Kier alpha value is -1.99. The SMILES string of the molecule is CC(C)(C)c1cc(=O)n2c(n1)SCC2CC(=O)N1CCN(c2cccc(Cl)c2)CC1. The molecular weight excluding hydrogens is 420 g/mol. The van der Waals surface area contributed by atoms with Crippen LogP contribution in [0.25, 0.3) is 0 Å². The summed E-state index contributed by atoms with van der Waals surface area (Å²) in [5.74, 6) is 0.815. The number of rotatable bonds is 3. The molecule has 0 aliphatic carbocycles. The average Bonchev–Trinajstić information content (AvgIpc) is 3.11. The summed E-state index contributed by atoms with van der Waals surface area (Å²) >= 11 is 7.67. The molecule has 0 radical (unpaired) electrons. The lowest BCUT2D eigenvalue weighted by molar-refractivity contribution is -0.132. The van der Waals surface area contributed by atoms with Crippen LogP contribution in [-0.4, -0.2) is 52.3 Å². The van der Waals surface area contributed by atoms with Gasteiger partial charge >= 0.3 is 0 Å². The quantitative estimate of drug-likeness (QED) is 0.674. The summed E-state index contributed by atoms with van der Waals surface area (Å²) in [6, 6.07) is 9.30. The number of anilines is 1. The summed E-state index contributed by atoms with van der Waals surface area (Å²) in [6.45, 7) is 9.06. The molecule has 2 aromatic rings. The number of amides is 1. The van der Waals surface area contributed by atoms with Gasteiger partial charge in [0.1, 0.15) is 0 Å². The highest BCUT2D eigenvalue weighted by Gasteiger charge is 2.31. The maximum Gasteiger partial charge on any atom is 0.254 e. The minimum Gasteiger partial charge on any atom is -0.368 e. The molecule has 1 atom stereocenters. The van der Waals surface area contributed by atoms with E-state index in [9.17, 15) is 9.59 Å². The maximum atomic E-state index is 12.9. The molecule has 1 fully saturated rings. The van der Waals surface area contributed by atoms with Crippen molar-refractivity contribution in [2.24, 2.45) is 0 Å². The molecule has 3 heterocycles. The number of piperazine rings is 1. The number of halogens is 1. The first-order valence-electron chi connectivity index (χ1n) is 10.3. The van der Waals surface area contributed by atoms with Crippen LogP contribution in [0.3, 0.4) is 0 Å². The molecule has 8 heteroatoms. The Morgan fingerprint density at radius 1 is 1.20 bits per heavy atom. The summed E-state index contributed by atoms with van der Waals surface area (Å²) in [7, 11) is 0. The van der Waals surface area contributed by atoms with Crippen LogP contribution in [-0.2, 0) is 10.2 Å². The Morgan fingerprint density at radius 2 is 1.93 bits per heavy atom. The van der Waals surface area contributed by atoms with Gasteiger partial charge in [-0.05, 0) is 18.2 Å². The second-order valence-corrected chi connectivity index (χ2v) is 10.3. The molecule has 30 heavy (non-hydrogen) atoms. The van der Waals surface area contributed by atoms with Gasteiger partial charge in [0.2, 0.25) is 5.91 Å². The predicted octanol–water partition coefficient (Wildman–Crippen LogP) is 3.58. The van der Waals surface area contributed by atoms with Crippen molar-refractivity contribution in [3.63, 3.8) is 0 Å². The van der Waals surface area contributed by atoms with Crippen molar-refractivity contribution in [2.45, 2.75) is 43.8 Å². The first kappa shape index (κ1) is 21.2. The van der Waals surface area contributed by atoms with E-state index in [0.717, 1.165) is 34.6 Å². The first-order valence-corrected chi connectivity index (χ1v) is 11.6. The zero-order valence-electron chi connectivity index (χ0n) is 17.6. The summed E-state index contributed by atoms with van der Waals surface area (Å²) in [5.41, 5.74) is 1.66. The third-order valence-electron chi connectivity index (χ3n) is 5.67. The largest absolute Gasteiger partial charge is 0.368 e. The van der Waals surface area contributed by atoms with E-state index in [2.05, 4.69) is 30.7 Å². The van der Waals surface area contributed by atoms with E-state index < -0.39 is 0 Å². The van der Waals surface area contributed by atoms with Crippen LogP contribution in [0.1, 0.15) is 38.9 Å². The van der Waals surface area contributed by atoms with Crippen LogP contribution in [0.2, 0.25) is 5.02 Å². The van der Waals surface area contributed by atoms with Crippen LogP contribution < -0.4 is 10.5 Å². The molecule has 0 bridgehead atoms. The Morgan fingerprint density at radius 3 is 2.60 bits per heavy atom. The van der Waals surface area contributed by atoms with E-state index in [4.69, 9.17) is 11.6 Å². The van der Waals surface area contributed by atoms with Gasteiger partial charge < -0.3 is 9.80 Å². The molecule has 1 saturated heterocycles. The minimum absolute atomic E-state index is 0.0569. The number of hydrogen-bond acceptors (Lipinski definition) is 5. The Balaban J connectivity index is 1.40. The number of carbonyl (C=O) groups is 1. The van der Waals surface area contributed by atoms with E-state index in [1.165, 1.54) is 0 Å². The van der Waals surface area contributed by atoms with Crippen LogP contribution >= 0.6 is 23.4 Å². The third-order valence-corrected chi connectivity index (χ3v) is 7.01. The van der Waals surface area contributed by atoms with Gasteiger partial charge in [-0.1, -0.05) is 50.2 Å². The Labute approximate surface area is 186 Å². The lowest BCUT2D eigenvalue weighted by atomic mass is 9.92. The monoisotopic (exact) mass is 446 g/mol. The van der Waals surface area contributed by atoms with Crippen molar-refractivity contribution in [1.82, 2.24) is 14.5 Å². The van der Waals surface area contributed by atoms with Gasteiger partial charge in [0.25, 0.3) is 5.56 Å². The summed E-state index contributed by atoms with van der Waals surface area (Å²) in [6.07, 6.45) is 0.341. The number of nitrogens with zero attached hydrogens (tertiary/aromatic N) is 4. The smallest absolute Gasteiger partial charge is 0.254 e. The molecule has 1 aromatic heterocycles. The van der Waals surface area contributed by atoms with Crippen molar-refractivity contribution < 1.29 is 4.79 Å². The van der Waals surface area contributed by atoms with Crippen molar-refractivity contribution in [3.05, 3.63) is 51.4 Å².